The molecule has 1 saturated carbocycles. The molecule has 0 amide bonds. The number of nitriles is 2. The van der Waals surface area contributed by atoms with Gasteiger partial charge < -0.3 is 0 Å². The molecule has 1 aliphatic carbocycles. The third-order valence-corrected chi connectivity index (χ3v) is 12.3. The van der Waals surface area contributed by atoms with Crippen molar-refractivity contribution in [1.29, 1.82) is 10.5 Å². The van der Waals surface area contributed by atoms with Gasteiger partial charge >= 0.3 is 0 Å². The Morgan fingerprint density at radius 1 is 0.426 bits per heavy atom. The highest BCUT2D eigenvalue weighted by Crippen LogP contribution is 2.56. The summed E-state index contributed by atoms with van der Waals surface area (Å²) in [6.07, 6.45) is 5.95. The maximum Gasteiger partial charge on any atom is 0.131 e. The number of hydrogen-bond acceptors (Lipinski definition) is 2. The van der Waals surface area contributed by atoms with E-state index in [2.05, 4.69) is 72.8 Å². The average molecular weight is 697 g/mol. The van der Waals surface area contributed by atoms with Gasteiger partial charge in [0.25, 0.3) is 0 Å². The first-order valence-electron chi connectivity index (χ1n) is 18.7. The van der Waals surface area contributed by atoms with Crippen LogP contribution in [0.5, 0.6) is 0 Å². The van der Waals surface area contributed by atoms with Gasteiger partial charge in [-0.1, -0.05) is 92.1 Å². The van der Waals surface area contributed by atoms with Crippen LogP contribution in [0.15, 0.2) is 115 Å². The maximum atomic E-state index is 16.7. The van der Waals surface area contributed by atoms with Gasteiger partial charge in [0.05, 0.1) is 23.3 Å². The lowest BCUT2D eigenvalue weighted by Crippen LogP contribution is -2.04. The predicted octanol–water partition coefficient (Wildman–Crippen LogP) is 14.0. The van der Waals surface area contributed by atoms with Crippen molar-refractivity contribution in [2.45, 2.75) is 38.0 Å². The summed E-state index contributed by atoms with van der Waals surface area (Å²) in [5, 5.41) is 34.0. The maximum absolute atomic E-state index is 16.7. The van der Waals surface area contributed by atoms with Crippen molar-refractivity contribution in [1.82, 2.24) is 0 Å². The summed E-state index contributed by atoms with van der Waals surface area (Å²) in [4.78, 5) is 0. The average Bonchev–Trinajstić information content (AvgIpc) is 3.72. The molecule has 1 aliphatic rings. The minimum Gasteiger partial charge on any atom is -0.206 e. The molecule has 0 unspecified atom stereocenters. The van der Waals surface area contributed by atoms with Gasteiger partial charge in [0.15, 0.2) is 0 Å². The molecule has 11 rings (SSSR count). The molecule has 0 aliphatic heterocycles. The summed E-state index contributed by atoms with van der Waals surface area (Å²) in [6.45, 7) is 0. The van der Waals surface area contributed by atoms with Crippen LogP contribution in [0.3, 0.4) is 0 Å². The molecule has 1 fully saturated rings. The summed E-state index contributed by atoms with van der Waals surface area (Å²) in [5.41, 5.74) is 4.09. The van der Waals surface area contributed by atoms with Gasteiger partial charge in [0, 0.05) is 22.3 Å². The van der Waals surface area contributed by atoms with E-state index < -0.39 is 11.6 Å². The first-order valence-corrected chi connectivity index (χ1v) is 18.7. The van der Waals surface area contributed by atoms with E-state index in [0.717, 1.165) is 82.9 Å². The topological polar surface area (TPSA) is 47.6 Å². The van der Waals surface area contributed by atoms with E-state index in [1.807, 2.05) is 18.2 Å². The number of rotatable bonds is 3. The van der Waals surface area contributed by atoms with Gasteiger partial charge in [-0.3, -0.25) is 0 Å². The van der Waals surface area contributed by atoms with Crippen molar-refractivity contribution in [3.8, 4) is 34.4 Å². The fraction of sp³-hybridized carbons (Fsp3) is 0.120. The SMILES string of the molecule is N#Cc1ccc(F)c(-c2c3cc4c5ccccc5c5cccc(c3c(-c3cc(C#N)ccc3F)c3c6ccc(C7CCCCC7)c7cccc(c23)c76)c54)c1. The molecule has 0 saturated heterocycles. The van der Waals surface area contributed by atoms with Crippen molar-refractivity contribution in [3.63, 3.8) is 0 Å². The van der Waals surface area contributed by atoms with E-state index in [9.17, 15) is 10.5 Å². The number of nitrogens with zero attached hydrogens (tertiary/aromatic N) is 2. The summed E-state index contributed by atoms with van der Waals surface area (Å²) < 4.78 is 33.3. The zero-order valence-electron chi connectivity index (χ0n) is 29.2. The highest BCUT2D eigenvalue weighted by molar-refractivity contribution is 6.45. The van der Waals surface area contributed by atoms with E-state index in [1.165, 1.54) is 54.5 Å². The van der Waals surface area contributed by atoms with E-state index in [0.29, 0.717) is 39.3 Å². The Hall–Kier alpha value is -6.62. The van der Waals surface area contributed by atoms with Gasteiger partial charge in [0.2, 0.25) is 0 Å². The van der Waals surface area contributed by atoms with Crippen LogP contribution < -0.4 is 0 Å². The zero-order valence-corrected chi connectivity index (χ0v) is 29.2. The fourth-order valence-corrected chi connectivity index (χ4v) is 10.1. The van der Waals surface area contributed by atoms with E-state index in [1.54, 1.807) is 12.1 Å². The Kier molecular flexibility index (Phi) is 6.56. The number of benzene rings is 8. The van der Waals surface area contributed by atoms with E-state index >= 15 is 8.78 Å². The molecule has 0 N–H and O–H groups in total. The molecule has 0 heterocycles. The van der Waals surface area contributed by atoms with Gasteiger partial charge in [-0.15, -0.1) is 0 Å². The van der Waals surface area contributed by atoms with Crippen LogP contribution >= 0.6 is 0 Å². The van der Waals surface area contributed by atoms with Gasteiger partial charge in [-0.2, -0.15) is 10.5 Å². The first kappa shape index (κ1) is 31.0. The second kappa shape index (κ2) is 11.4. The second-order valence-corrected chi connectivity index (χ2v) is 15.0. The third kappa shape index (κ3) is 4.11. The highest BCUT2D eigenvalue weighted by Gasteiger charge is 2.29. The molecule has 2 nitrogen and oxygen atoms in total. The number of fused-ring (bicyclic) bond motifs is 8. The van der Waals surface area contributed by atoms with E-state index in [4.69, 9.17) is 0 Å². The minimum atomic E-state index is -0.431. The molecule has 54 heavy (non-hydrogen) atoms. The summed E-state index contributed by atoms with van der Waals surface area (Å²) in [7, 11) is 0. The van der Waals surface area contributed by atoms with Crippen LogP contribution in [0.4, 0.5) is 8.78 Å². The highest BCUT2D eigenvalue weighted by atomic mass is 19.1. The molecule has 10 aromatic rings. The Morgan fingerprint density at radius 2 is 0.963 bits per heavy atom. The van der Waals surface area contributed by atoms with Crippen LogP contribution in [0, 0.1) is 34.3 Å². The van der Waals surface area contributed by atoms with Crippen molar-refractivity contribution >= 4 is 75.4 Å². The summed E-state index contributed by atoms with van der Waals surface area (Å²) in [6, 6.07) is 41.3. The summed E-state index contributed by atoms with van der Waals surface area (Å²) >= 11 is 0. The summed E-state index contributed by atoms with van der Waals surface area (Å²) in [5.74, 6) is -0.415. The van der Waals surface area contributed by atoms with Gasteiger partial charge in [-0.05, 0) is 142 Å². The fourth-order valence-electron chi connectivity index (χ4n) is 10.1. The monoisotopic (exact) mass is 696 g/mol. The Labute approximate surface area is 309 Å². The Bertz CT molecular complexity index is 3300. The van der Waals surface area contributed by atoms with Crippen molar-refractivity contribution in [3.05, 3.63) is 144 Å². The molecular weight excluding hydrogens is 667 g/mol. The number of halogens is 2. The molecule has 4 heteroatoms. The normalized spacial score (nSPS) is 14.0. The van der Waals surface area contributed by atoms with Crippen LogP contribution in [-0.2, 0) is 0 Å². The Morgan fingerprint density at radius 3 is 1.65 bits per heavy atom. The number of hydrogen-bond donors (Lipinski definition) is 0. The molecular formula is C50H30F2N2. The molecule has 0 spiro atoms. The standard InChI is InChI=1S/C50H30F2N2/c51-42-20-16-27(25-53)22-39(42)47-41-24-38-32-11-5-4-10-31(32)34-13-7-14-35(45(34)38)46(41)50(40-23-28(26-54)17-21-43(40)52)49-37-19-18-30(29-8-2-1-3-9-29)33-12-6-15-36(44(33)37)48(47)49/h4-7,10-24,29H,1-3,8-9H2. The van der Waals surface area contributed by atoms with E-state index in [-0.39, 0.29) is 0 Å². The van der Waals surface area contributed by atoms with Gasteiger partial charge in [-0.25, -0.2) is 8.78 Å². The first-order chi connectivity index (χ1) is 26.6. The molecule has 0 aromatic heterocycles. The largest absolute Gasteiger partial charge is 0.206 e. The molecule has 0 radical (unpaired) electrons. The molecule has 0 atom stereocenters. The Balaban J connectivity index is 1.47. The van der Waals surface area contributed by atoms with Crippen LogP contribution in [0.2, 0.25) is 0 Å². The molecule has 0 bridgehead atoms. The van der Waals surface area contributed by atoms with Crippen LogP contribution in [0.1, 0.15) is 54.7 Å². The lowest BCUT2D eigenvalue weighted by molar-refractivity contribution is 0.445. The lowest BCUT2D eigenvalue weighted by Gasteiger charge is -2.23. The third-order valence-electron chi connectivity index (χ3n) is 12.3. The minimum absolute atomic E-state index is 0.333. The van der Waals surface area contributed by atoms with Crippen molar-refractivity contribution in [2.24, 2.45) is 0 Å². The quantitative estimate of drug-likeness (QED) is 0.173. The van der Waals surface area contributed by atoms with Crippen LogP contribution in [0.25, 0.3) is 97.7 Å². The molecule has 254 valence electrons. The van der Waals surface area contributed by atoms with Crippen molar-refractivity contribution < 1.29 is 8.78 Å². The smallest absolute Gasteiger partial charge is 0.131 e. The van der Waals surface area contributed by atoms with Crippen LogP contribution in [-0.4, -0.2) is 0 Å². The lowest BCUT2D eigenvalue weighted by atomic mass is 9.81. The predicted molar refractivity (Wildman–Crippen MR) is 217 cm³/mol. The van der Waals surface area contributed by atoms with Gasteiger partial charge in [0.1, 0.15) is 11.6 Å². The molecule has 10 aromatic carbocycles. The second-order valence-electron chi connectivity index (χ2n) is 15.0. The zero-order chi connectivity index (χ0) is 36.2. The van der Waals surface area contributed by atoms with Crippen molar-refractivity contribution in [2.75, 3.05) is 0 Å².